The van der Waals surface area contributed by atoms with E-state index in [1.807, 2.05) is 43.4 Å². The zero-order valence-corrected chi connectivity index (χ0v) is 12.8. The van der Waals surface area contributed by atoms with Crippen LogP contribution in [-0.2, 0) is 0 Å². The molecule has 1 aromatic heterocycles. The molecule has 0 saturated heterocycles. The Morgan fingerprint density at radius 2 is 2.14 bits per heavy atom. The Morgan fingerprint density at radius 1 is 1.38 bits per heavy atom. The second kappa shape index (κ2) is 6.41. The van der Waals surface area contributed by atoms with E-state index in [0.29, 0.717) is 16.2 Å². The second-order valence-corrected chi connectivity index (χ2v) is 5.00. The molecule has 0 atom stereocenters. The fourth-order valence-corrected chi connectivity index (χ4v) is 2.10. The van der Waals surface area contributed by atoms with Gasteiger partial charge in [0.05, 0.1) is 11.1 Å². The molecule has 2 rings (SSSR count). The van der Waals surface area contributed by atoms with E-state index in [1.165, 1.54) is 0 Å². The molecular weight excluding hydrogens is 284 g/mol. The summed E-state index contributed by atoms with van der Waals surface area (Å²) in [4.78, 5) is 6.10. The van der Waals surface area contributed by atoms with Crippen molar-refractivity contribution in [1.82, 2.24) is 15.2 Å². The monoisotopic (exact) mass is 300 g/mol. The summed E-state index contributed by atoms with van der Waals surface area (Å²) in [7, 11) is 3.76. The van der Waals surface area contributed by atoms with E-state index in [9.17, 15) is 0 Å². The normalized spacial score (nSPS) is 17.1. The number of allylic oxidation sites excluding steroid dienone is 4. The molecule has 0 bridgehead atoms. The fraction of sp³-hybridized carbons (Fsp3) is 0.125. The van der Waals surface area contributed by atoms with E-state index >= 15 is 0 Å². The lowest BCUT2D eigenvalue weighted by atomic mass is 10.0. The molecule has 1 heterocycles. The van der Waals surface area contributed by atoms with Crippen molar-refractivity contribution in [1.29, 1.82) is 5.41 Å². The number of pyridine rings is 1. The Hall–Kier alpha value is -2.33. The van der Waals surface area contributed by atoms with Crippen LogP contribution >= 0.6 is 11.6 Å². The van der Waals surface area contributed by atoms with E-state index in [0.717, 1.165) is 16.5 Å². The highest BCUT2D eigenvalue weighted by Crippen LogP contribution is 2.15. The molecule has 1 aromatic rings. The summed E-state index contributed by atoms with van der Waals surface area (Å²) in [5.41, 5.74) is 2.29. The van der Waals surface area contributed by atoms with E-state index in [-0.39, 0.29) is 0 Å². The van der Waals surface area contributed by atoms with Crippen LogP contribution < -0.4 is 15.9 Å². The van der Waals surface area contributed by atoms with Crippen molar-refractivity contribution in [3.63, 3.8) is 0 Å². The first-order chi connectivity index (χ1) is 10.0. The van der Waals surface area contributed by atoms with Crippen molar-refractivity contribution in [2.24, 2.45) is 0 Å². The zero-order chi connectivity index (χ0) is 15.4. The number of likely N-dealkylation sites (N-methyl/N-ethyl adjacent to an activating group) is 1. The summed E-state index contributed by atoms with van der Waals surface area (Å²) in [6.45, 7) is 3.89. The van der Waals surface area contributed by atoms with E-state index in [1.54, 1.807) is 18.3 Å². The average Bonchev–Trinajstić information content (AvgIpc) is 2.44. The number of nitrogens with zero attached hydrogens (tertiary/aromatic N) is 2. The standard InChI is InChI=1S/C16H17ClN4/c1-11-12(4-7-16(17)20-11)10-21(3)14-5-6-15(18)13(8-14)9-19-2/h4-10,18-19H,1H2,2-3H3/b12-10-,13-9-,18-15?. The predicted octanol–water partition coefficient (Wildman–Crippen LogP) is 1.39. The van der Waals surface area contributed by atoms with Crippen LogP contribution in [0.3, 0.4) is 0 Å². The van der Waals surface area contributed by atoms with Gasteiger partial charge in [0.2, 0.25) is 0 Å². The Bertz CT molecular complexity index is 759. The van der Waals surface area contributed by atoms with Gasteiger partial charge in [-0.3, -0.25) is 0 Å². The van der Waals surface area contributed by atoms with Crippen LogP contribution in [0.2, 0.25) is 5.15 Å². The molecule has 1 aliphatic rings. The van der Waals surface area contributed by atoms with Gasteiger partial charge in [-0.15, -0.1) is 0 Å². The minimum atomic E-state index is 0.435. The lowest BCUT2D eigenvalue weighted by molar-refractivity contribution is 0.637. The van der Waals surface area contributed by atoms with Gasteiger partial charge in [-0.25, -0.2) is 4.98 Å². The van der Waals surface area contributed by atoms with E-state index < -0.39 is 0 Å². The molecule has 0 saturated carbocycles. The van der Waals surface area contributed by atoms with Gasteiger partial charge in [-0.2, -0.15) is 0 Å². The molecular formula is C16H17ClN4. The predicted molar refractivity (Wildman–Crippen MR) is 88.3 cm³/mol. The molecule has 5 heteroatoms. The average molecular weight is 301 g/mol. The van der Waals surface area contributed by atoms with Crippen LogP contribution in [-0.4, -0.2) is 29.7 Å². The van der Waals surface area contributed by atoms with Gasteiger partial charge in [0, 0.05) is 43.0 Å². The number of aromatic nitrogens is 1. The smallest absolute Gasteiger partial charge is 0.129 e. The molecule has 108 valence electrons. The van der Waals surface area contributed by atoms with Crippen LogP contribution in [0.4, 0.5) is 0 Å². The summed E-state index contributed by atoms with van der Waals surface area (Å²) >= 11 is 5.83. The number of halogens is 1. The van der Waals surface area contributed by atoms with Crippen LogP contribution in [0.1, 0.15) is 0 Å². The number of rotatable bonds is 3. The van der Waals surface area contributed by atoms with Gasteiger partial charge >= 0.3 is 0 Å². The Balaban J connectivity index is 2.36. The molecule has 0 radical (unpaired) electrons. The molecule has 21 heavy (non-hydrogen) atoms. The minimum absolute atomic E-state index is 0.435. The first-order valence-corrected chi connectivity index (χ1v) is 6.81. The fourth-order valence-electron chi connectivity index (χ4n) is 1.93. The highest BCUT2D eigenvalue weighted by atomic mass is 35.5. The largest absolute Gasteiger partial charge is 0.393 e. The van der Waals surface area contributed by atoms with Gasteiger partial charge < -0.3 is 15.6 Å². The van der Waals surface area contributed by atoms with Crippen molar-refractivity contribution in [3.05, 3.63) is 63.6 Å². The van der Waals surface area contributed by atoms with Gasteiger partial charge in [-0.05, 0) is 30.4 Å². The number of hydrogen-bond acceptors (Lipinski definition) is 4. The number of nitrogens with one attached hydrogen (secondary N) is 2. The summed E-state index contributed by atoms with van der Waals surface area (Å²) < 4.78 is 0. The third kappa shape index (κ3) is 3.61. The van der Waals surface area contributed by atoms with Crippen molar-refractivity contribution in [2.75, 3.05) is 14.1 Å². The lowest BCUT2D eigenvalue weighted by Crippen LogP contribution is -2.29. The van der Waals surface area contributed by atoms with Crippen LogP contribution in [0.5, 0.6) is 0 Å². The molecule has 0 spiro atoms. The minimum Gasteiger partial charge on any atom is -0.393 e. The van der Waals surface area contributed by atoms with Gasteiger partial charge in [0.15, 0.2) is 0 Å². The van der Waals surface area contributed by atoms with Crippen molar-refractivity contribution < 1.29 is 0 Å². The summed E-state index contributed by atoms with van der Waals surface area (Å²) in [6, 6.07) is 3.62. The highest BCUT2D eigenvalue weighted by Gasteiger charge is 2.09. The molecule has 0 amide bonds. The third-order valence-corrected chi connectivity index (χ3v) is 3.26. The maximum Gasteiger partial charge on any atom is 0.129 e. The zero-order valence-electron chi connectivity index (χ0n) is 12.0. The summed E-state index contributed by atoms with van der Waals surface area (Å²) in [5, 5.41) is 12.8. The maximum absolute atomic E-state index is 7.86. The summed E-state index contributed by atoms with van der Waals surface area (Å²) in [5.74, 6) is 0. The molecule has 0 fully saturated rings. The van der Waals surface area contributed by atoms with Crippen molar-refractivity contribution in [2.45, 2.75) is 0 Å². The Morgan fingerprint density at radius 3 is 2.81 bits per heavy atom. The van der Waals surface area contributed by atoms with Crippen LogP contribution in [0.25, 0.3) is 12.8 Å². The number of hydrogen-bond donors (Lipinski definition) is 2. The molecule has 0 aliphatic heterocycles. The molecule has 0 unspecified atom stereocenters. The topological polar surface area (TPSA) is 52.0 Å². The maximum atomic E-state index is 7.86. The van der Waals surface area contributed by atoms with Crippen LogP contribution in [0, 0.1) is 5.41 Å². The summed E-state index contributed by atoms with van der Waals surface area (Å²) in [6.07, 6.45) is 9.36. The highest BCUT2D eigenvalue weighted by molar-refractivity contribution is 6.29. The third-order valence-electron chi connectivity index (χ3n) is 3.05. The van der Waals surface area contributed by atoms with Gasteiger partial charge in [0.25, 0.3) is 0 Å². The van der Waals surface area contributed by atoms with Gasteiger partial charge in [0.1, 0.15) is 5.15 Å². The van der Waals surface area contributed by atoms with Gasteiger partial charge in [-0.1, -0.05) is 18.2 Å². The molecule has 4 nitrogen and oxygen atoms in total. The molecule has 2 N–H and O–H groups in total. The molecule has 1 aliphatic carbocycles. The Kier molecular flexibility index (Phi) is 4.60. The van der Waals surface area contributed by atoms with E-state index in [4.69, 9.17) is 17.0 Å². The first kappa shape index (κ1) is 15.1. The van der Waals surface area contributed by atoms with Crippen molar-refractivity contribution in [3.8, 4) is 0 Å². The second-order valence-electron chi connectivity index (χ2n) is 4.61. The SMILES string of the molecule is C=c1nc(Cl)cc/c1=C/N(C)C1=C/C(=C/NC)C(=N)C=C1. The first-order valence-electron chi connectivity index (χ1n) is 6.43. The van der Waals surface area contributed by atoms with Crippen LogP contribution in [0.15, 0.2) is 47.8 Å². The van der Waals surface area contributed by atoms with Crippen molar-refractivity contribution >= 4 is 30.1 Å². The molecule has 0 aromatic carbocycles. The Labute approximate surface area is 129 Å². The van der Waals surface area contributed by atoms with E-state index in [2.05, 4.69) is 16.9 Å². The quantitative estimate of drug-likeness (QED) is 0.830. The lowest BCUT2D eigenvalue weighted by Gasteiger charge is -2.19.